The van der Waals surface area contributed by atoms with Gasteiger partial charge in [-0.3, -0.25) is 14.4 Å². The fraction of sp³-hybridized carbons (Fsp3) is 0.462. The Morgan fingerprint density at radius 1 is 1.37 bits per heavy atom. The molecule has 0 aliphatic heterocycles. The molecule has 0 spiro atoms. The molecule has 102 valence electrons. The maximum atomic E-state index is 11.9. The largest absolute Gasteiger partial charge is 0.481 e. The molecule has 0 unspecified atom stereocenters. The number of H-pyrrole nitrogens is 1. The molecule has 1 aromatic heterocycles. The summed E-state index contributed by atoms with van der Waals surface area (Å²) in [5.41, 5.74) is 0.781. The highest BCUT2D eigenvalue weighted by Crippen LogP contribution is 2.25. The third kappa shape index (κ3) is 3.01. The number of nitrogens with one attached hydrogen (secondary N) is 2. The molecule has 0 bridgehead atoms. The van der Waals surface area contributed by atoms with Crippen molar-refractivity contribution >= 4 is 17.7 Å². The number of hydrogen-bond donors (Lipinski definition) is 3. The normalized spacial score (nSPS) is 22.2. The standard InChI is InChI=1S/C13H16N2O4/c1-7(16)9-5-11(14-6-9)12(17)15-10-3-2-8(4-10)13(18)19/h5-6,8,10,14H,2-4H2,1H3,(H,15,17)(H,18,19)/t8-,10+/m1/s1. The van der Waals surface area contributed by atoms with E-state index in [1.54, 1.807) is 0 Å². The van der Waals surface area contributed by atoms with Crippen LogP contribution < -0.4 is 5.32 Å². The molecule has 19 heavy (non-hydrogen) atoms. The van der Waals surface area contributed by atoms with Crippen LogP contribution in [0.3, 0.4) is 0 Å². The van der Waals surface area contributed by atoms with Gasteiger partial charge in [0.05, 0.1) is 5.92 Å². The molecule has 1 fully saturated rings. The summed E-state index contributed by atoms with van der Waals surface area (Å²) < 4.78 is 0. The van der Waals surface area contributed by atoms with Gasteiger partial charge in [0.2, 0.25) is 0 Å². The Morgan fingerprint density at radius 3 is 2.63 bits per heavy atom. The van der Waals surface area contributed by atoms with E-state index in [1.807, 2.05) is 0 Å². The van der Waals surface area contributed by atoms with E-state index in [1.165, 1.54) is 19.2 Å². The van der Waals surface area contributed by atoms with Crippen LogP contribution in [0.2, 0.25) is 0 Å². The van der Waals surface area contributed by atoms with Crippen LogP contribution in [0.1, 0.15) is 47.0 Å². The van der Waals surface area contributed by atoms with Crippen molar-refractivity contribution in [3.63, 3.8) is 0 Å². The van der Waals surface area contributed by atoms with Gasteiger partial charge < -0.3 is 15.4 Å². The fourth-order valence-electron chi connectivity index (χ4n) is 2.33. The van der Waals surface area contributed by atoms with Gasteiger partial charge in [0.15, 0.2) is 5.78 Å². The zero-order valence-corrected chi connectivity index (χ0v) is 10.6. The quantitative estimate of drug-likeness (QED) is 0.711. The van der Waals surface area contributed by atoms with Crippen molar-refractivity contribution in [2.24, 2.45) is 5.92 Å². The van der Waals surface area contributed by atoms with Crippen molar-refractivity contribution in [3.05, 3.63) is 23.5 Å². The summed E-state index contributed by atoms with van der Waals surface area (Å²) in [5.74, 6) is -1.59. The minimum atomic E-state index is -0.810. The maximum absolute atomic E-state index is 11.9. The van der Waals surface area contributed by atoms with Crippen LogP contribution in [0, 0.1) is 5.92 Å². The number of carbonyl (C=O) groups excluding carboxylic acids is 2. The van der Waals surface area contributed by atoms with Gasteiger partial charge in [0.25, 0.3) is 5.91 Å². The number of aliphatic carboxylic acids is 1. The molecule has 1 aromatic rings. The number of ketones is 1. The summed E-state index contributed by atoms with van der Waals surface area (Å²) in [7, 11) is 0. The number of aromatic amines is 1. The van der Waals surface area contributed by atoms with Crippen molar-refractivity contribution < 1.29 is 19.5 Å². The molecule has 2 atom stereocenters. The highest BCUT2D eigenvalue weighted by atomic mass is 16.4. The first-order chi connectivity index (χ1) is 8.97. The number of carboxylic acid groups (broad SMARTS) is 1. The monoisotopic (exact) mass is 264 g/mol. The zero-order chi connectivity index (χ0) is 14.0. The van der Waals surface area contributed by atoms with Crippen LogP contribution >= 0.6 is 0 Å². The first kappa shape index (κ1) is 13.3. The third-order valence-electron chi connectivity index (χ3n) is 3.45. The van der Waals surface area contributed by atoms with Gasteiger partial charge in [0, 0.05) is 17.8 Å². The number of carboxylic acids is 1. The lowest BCUT2D eigenvalue weighted by atomic mass is 10.1. The Balaban J connectivity index is 1.94. The molecule has 0 aromatic carbocycles. The molecule has 1 amide bonds. The molecule has 1 aliphatic carbocycles. The van der Waals surface area contributed by atoms with Crippen LogP contribution in [0.5, 0.6) is 0 Å². The van der Waals surface area contributed by atoms with Crippen molar-refractivity contribution in [1.82, 2.24) is 10.3 Å². The molecule has 1 aliphatic rings. The van der Waals surface area contributed by atoms with E-state index in [-0.39, 0.29) is 23.7 Å². The molecule has 1 saturated carbocycles. The molecular weight excluding hydrogens is 248 g/mol. The maximum Gasteiger partial charge on any atom is 0.306 e. The molecule has 0 saturated heterocycles. The van der Waals surface area contributed by atoms with Gasteiger partial charge in [-0.05, 0) is 32.3 Å². The molecule has 1 heterocycles. The predicted octanol–water partition coefficient (Wildman–Crippen LogP) is 1.20. The number of carbonyl (C=O) groups is 3. The fourth-order valence-corrected chi connectivity index (χ4v) is 2.33. The Bertz CT molecular complexity index is 520. The van der Waals surface area contributed by atoms with Crippen molar-refractivity contribution in [2.45, 2.75) is 32.2 Å². The highest BCUT2D eigenvalue weighted by molar-refractivity contribution is 5.99. The second kappa shape index (κ2) is 5.26. The van der Waals surface area contributed by atoms with E-state index in [4.69, 9.17) is 5.11 Å². The third-order valence-corrected chi connectivity index (χ3v) is 3.45. The van der Waals surface area contributed by atoms with E-state index < -0.39 is 5.97 Å². The second-order valence-electron chi connectivity index (χ2n) is 4.88. The smallest absolute Gasteiger partial charge is 0.306 e. The number of Topliss-reactive ketones (excluding diaryl/α,β-unsaturated/α-hetero) is 1. The summed E-state index contributed by atoms with van der Waals surface area (Å²) in [4.78, 5) is 36.6. The lowest BCUT2D eigenvalue weighted by Gasteiger charge is -2.11. The van der Waals surface area contributed by atoms with Gasteiger partial charge in [0.1, 0.15) is 5.69 Å². The lowest BCUT2D eigenvalue weighted by Crippen LogP contribution is -2.33. The zero-order valence-electron chi connectivity index (χ0n) is 10.6. The summed E-state index contributed by atoms with van der Waals surface area (Å²) >= 11 is 0. The van der Waals surface area contributed by atoms with E-state index in [0.717, 1.165) is 0 Å². The Labute approximate surface area is 110 Å². The van der Waals surface area contributed by atoms with E-state index in [2.05, 4.69) is 10.3 Å². The van der Waals surface area contributed by atoms with Gasteiger partial charge in [-0.1, -0.05) is 0 Å². The highest BCUT2D eigenvalue weighted by Gasteiger charge is 2.30. The number of amides is 1. The molecular formula is C13H16N2O4. The lowest BCUT2D eigenvalue weighted by molar-refractivity contribution is -0.141. The molecule has 0 radical (unpaired) electrons. The topological polar surface area (TPSA) is 99.3 Å². The summed E-state index contributed by atoms with van der Waals surface area (Å²) in [5, 5.41) is 11.7. The number of hydrogen-bond acceptors (Lipinski definition) is 3. The predicted molar refractivity (Wildman–Crippen MR) is 67.0 cm³/mol. The van der Waals surface area contributed by atoms with Crippen LogP contribution in [0.25, 0.3) is 0 Å². The van der Waals surface area contributed by atoms with Gasteiger partial charge in [-0.2, -0.15) is 0 Å². The Hall–Kier alpha value is -2.11. The average Bonchev–Trinajstić information content (AvgIpc) is 2.96. The van der Waals surface area contributed by atoms with Crippen LogP contribution in [-0.4, -0.2) is 33.8 Å². The molecule has 6 heteroatoms. The average molecular weight is 264 g/mol. The minimum absolute atomic E-state index is 0.109. The second-order valence-corrected chi connectivity index (χ2v) is 4.88. The molecule has 2 rings (SSSR count). The van der Waals surface area contributed by atoms with Crippen molar-refractivity contribution in [3.8, 4) is 0 Å². The van der Waals surface area contributed by atoms with E-state index in [0.29, 0.717) is 30.5 Å². The molecule has 6 nitrogen and oxygen atoms in total. The summed E-state index contributed by atoms with van der Waals surface area (Å²) in [6.07, 6.45) is 3.21. The van der Waals surface area contributed by atoms with Gasteiger partial charge >= 0.3 is 5.97 Å². The summed E-state index contributed by atoms with van der Waals surface area (Å²) in [6.45, 7) is 1.43. The van der Waals surface area contributed by atoms with E-state index in [9.17, 15) is 14.4 Å². The van der Waals surface area contributed by atoms with Crippen LogP contribution in [-0.2, 0) is 4.79 Å². The first-order valence-electron chi connectivity index (χ1n) is 6.20. The number of aromatic nitrogens is 1. The van der Waals surface area contributed by atoms with Crippen molar-refractivity contribution in [2.75, 3.05) is 0 Å². The minimum Gasteiger partial charge on any atom is -0.481 e. The molecule has 3 N–H and O–H groups in total. The first-order valence-corrected chi connectivity index (χ1v) is 6.20. The Kier molecular flexibility index (Phi) is 3.69. The SMILES string of the molecule is CC(=O)c1c[nH]c(C(=O)N[C@H]2CC[C@@H](C(=O)O)C2)c1. The van der Waals surface area contributed by atoms with Gasteiger partial charge in [-0.25, -0.2) is 0 Å². The van der Waals surface area contributed by atoms with Crippen molar-refractivity contribution in [1.29, 1.82) is 0 Å². The van der Waals surface area contributed by atoms with Crippen LogP contribution in [0.15, 0.2) is 12.3 Å². The summed E-state index contributed by atoms with van der Waals surface area (Å²) in [6, 6.07) is 1.39. The van der Waals surface area contributed by atoms with Gasteiger partial charge in [-0.15, -0.1) is 0 Å². The van der Waals surface area contributed by atoms with Crippen LogP contribution in [0.4, 0.5) is 0 Å². The Morgan fingerprint density at radius 2 is 2.11 bits per heavy atom. The van der Waals surface area contributed by atoms with E-state index >= 15 is 0 Å². The number of rotatable bonds is 4.